The molecular weight excluding hydrogens is 344 g/mol. The molecule has 25 heavy (non-hydrogen) atoms. The molecule has 8 heteroatoms. The molecule has 1 aliphatic rings. The zero-order valence-electron chi connectivity index (χ0n) is 14.8. The van der Waals surface area contributed by atoms with E-state index >= 15 is 0 Å². The molecule has 0 unspecified atom stereocenters. The van der Waals surface area contributed by atoms with Gasteiger partial charge in [-0.3, -0.25) is 9.69 Å². The topological polar surface area (TPSA) is 95.9 Å². The van der Waals surface area contributed by atoms with Crippen LogP contribution in [0.15, 0.2) is 29.2 Å². The van der Waals surface area contributed by atoms with Gasteiger partial charge in [0.2, 0.25) is 10.0 Å². The molecule has 140 valence electrons. The van der Waals surface area contributed by atoms with E-state index in [-0.39, 0.29) is 29.6 Å². The highest BCUT2D eigenvalue weighted by molar-refractivity contribution is 7.89. The van der Waals surface area contributed by atoms with Crippen LogP contribution in [0.2, 0.25) is 0 Å². The van der Waals surface area contributed by atoms with E-state index in [1.165, 1.54) is 12.1 Å². The average Bonchev–Trinajstić information content (AvgIpc) is 2.48. The van der Waals surface area contributed by atoms with Crippen molar-refractivity contribution >= 4 is 16.0 Å². The molecule has 2 rings (SSSR count). The zero-order valence-corrected chi connectivity index (χ0v) is 15.6. The number of sulfonamides is 1. The third-order valence-electron chi connectivity index (χ3n) is 4.20. The molecule has 0 aliphatic heterocycles. The van der Waals surface area contributed by atoms with Crippen LogP contribution >= 0.6 is 0 Å². The fourth-order valence-corrected chi connectivity index (χ4v) is 4.17. The number of ether oxygens (including phenoxy) is 1. The summed E-state index contributed by atoms with van der Waals surface area (Å²) in [4.78, 5) is 12.9. The third-order valence-corrected chi connectivity index (χ3v) is 5.74. The molecule has 1 aromatic carbocycles. The molecule has 0 bridgehead atoms. The van der Waals surface area contributed by atoms with Crippen molar-refractivity contribution in [1.82, 2.24) is 9.62 Å². The van der Waals surface area contributed by atoms with Crippen molar-refractivity contribution in [3.05, 3.63) is 24.3 Å². The van der Waals surface area contributed by atoms with Gasteiger partial charge in [-0.25, -0.2) is 13.1 Å². The van der Waals surface area contributed by atoms with Gasteiger partial charge in [0.25, 0.3) is 0 Å². The number of hydrogen-bond donors (Lipinski definition) is 2. The number of carbonyl (C=O) groups is 1. The van der Waals surface area contributed by atoms with E-state index in [0.29, 0.717) is 25.1 Å². The lowest BCUT2D eigenvalue weighted by Crippen LogP contribution is -2.54. The van der Waals surface area contributed by atoms with Crippen LogP contribution in [-0.2, 0) is 14.8 Å². The Morgan fingerprint density at radius 1 is 1.32 bits per heavy atom. The summed E-state index contributed by atoms with van der Waals surface area (Å²) in [6.45, 7) is 6.33. The standard InChI is InChI=1S/C17H26N2O5S/c1-4-19(11-17(20)21)14-9-13(10-14)18-25(22,23)16-7-5-15(6-8-16)24-12(2)3/h5-8,12-14,18H,4,9-11H2,1-3H3,(H,20,21). The number of nitrogens with zero attached hydrogens (tertiary/aromatic N) is 1. The minimum atomic E-state index is -3.58. The molecule has 0 saturated heterocycles. The van der Waals surface area contributed by atoms with Crippen molar-refractivity contribution in [3.8, 4) is 5.75 Å². The summed E-state index contributed by atoms with van der Waals surface area (Å²) in [6, 6.07) is 6.28. The summed E-state index contributed by atoms with van der Waals surface area (Å²) in [5.74, 6) is -0.237. The quantitative estimate of drug-likeness (QED) is 0.687. The molecule has 0 atom stereocenters. The highest BCUT2D eigenvalue weighted by atomic mass is 32.2. The van der Waals surface area contributed by atoms with Gasteiger partial charge in [0.1, 0.15) is 5.75 Å². The summed E-state index contributed by atoms with van der Waals surface area (Å²) in [5, 5.41) is 8.90. The first-order valence-corrected chi connectivity index (χ1v) is 9.94. The minimum Gasteiger partial charge on any atom is -0.491 e. The van der Waals surface area contributed by atoms with E-state index in [1.54, 1.807) is 12.1 Å². The maximum absolute atomic E-state index is 12.4. The lowest BCUT2D eigenvalue weighted by molar-refractivity contribution is -0.139. The molecule has 1 aliphatic carbocycles. The minimum absolute atomic E-state index is 0.0159. The summed E-state index contributed by atoms with van der Waals surface area (Å²) in [5.41, 5.74) is 0. The van der Waals surface area contributed by atoms with Crippen LogP contribution in [0.4, 0.5) is 0 Å². The Morgan fingerprint density at radius 3 is 2.40 bits per heavy atom. The van der Waals surface area contributed by atoms with Gasteiger partial charge in [-0.2, -0.15) is 0 Å². The monoisotopic (exact) mass is 370 g/mol. The first-order chi connectivity index (χ1) is 11.7. The van der Waals surface area contributed by atoms with Crippen LogP contribution in [0, 0.1) is 0 Å². The second kappa shape index (κ2) is 8.16. The van der Waals surface area contributed by atoms with Crippen molar-refractivity contribution in [3.63, 3.8) is 0 Å². The number of benzene rings is 1. The van der Waals surface area contributed by atoms with Gasteiger partial charge in [0.05, 0.1) is 17.5 Å². The number of aliphatic carboxylic acids is 1. The summed E-state index contributed by atoms with van der Waals surface area (Å²) >= 11 is 0. The fraction of sp³-hybridized carbons (Fsp3) is 0.588. The Labute approximate surface area is 149 Å². The van der Waals surface area contributed by atoms with Gasteiger partial charge in [0, 0.05) is 12.1 Å². The van der Waals surface area contributed by atoms with Gasteiger partial charge in [-0.1, -0.05) is 6.92 Å². The Morgan fingerprint density at radius 2 is 1.92 bits per heavy atom. The van der Waals surface area contributed by atoms with Gasteiger partial charge in [0.15, 0.2) is 0 Å². The molecule has 1 aromatic rings. The predicted octanol–water partition coefficient (Wildman–Crippen LogP) is 1.69. The van der Waals surface area contributed by atoms with E-state index in [1.807, 2.05) is 25.7 Å². The average molecular weight is 370 g/mol. The molecular formula is C17H26N2O5S. The molecule has 2 N–H and O–H groups in total. The van der Waals surface area contributed by atoms with Gasteiger partial charge in [-0.05, 0) is 57.5 Å². The van der Waals surface area contributed by atoms with Crippen molar-refractivity contribution in [2.45, 2.75) is 56.7 Å². The lowest BCUT2D eigenvalue weighted by atomic mass is 9.86. The van der Waals surface area contributed by atoms with Crippen molar-refractivity contribution < 1.29 is 23.1 Å². The van der Waals surface area contributed by atoms with Gasteiger partial charge < -0.3 is 9.84 Å². The molecule has 0 aromatic heterocycles. The highest BCUT2D eigenvalue weighted by Crippen LogP contribution is 2.27. The number of likely N-dealkylation sites (N-methyl/N-ethyl adjacent to an activating group) is 1. The van der Waals surface area contributed by atoms with Crippen molar-refractivity contribution in [2.24, 2.45) is 0 Å². The molecule has 7 nitrogen and oxygen atoms in total. The number of rotatable bonds is 9. The first-order valence-electron chi connectivity index (χ1n) is 8.46. The summed E-state index contributed by atoms with van der Waals surface area (Å²) in [7, 11) is -3.58. The smallest absolute Gasteiger partial charge is 0.317 e. The SMILES string of the molecule is CCN(CC(=O)O)C1CC(NS(=O)(=O)c2ccc(OC(C)C)cc2)C1. The van der Waals surface area contributed by atoms with Crippen LogP contribution in [-0.4, -0.2) is 55.7 Å². The molecule has 1 fully saturated rings. The number of carboxylic acid groups (broad SMARTS) is 1. The Bertz CT molecular complexity index is 681. The van der Waals surface area contributed by atoms with Crippen LogP contribution in [0.5, 0.6) is 5.75 Å². The van der Waals surface area contributed by atoms with Crippen molar-refractivity contribution in [2.75, 3.05) is 13.1 Å². The van der Waals surface area contributed by atoms with Crippen LogP contribution in [0.1, 0.15) is 33.6 Å². The number of hydrogen-bond acceptors (Lipinski definition) is 5. The zero-order chi connectivity index (χ0) is 18.6. The van der Waals surface area contributed by atoms with E-state index < -0.39 is 16.0 Å². The molecule has 0 radical (unpaired) electrons. The largest absolute Gasteiger partial charge is 0.491 e. The van der Waals surface area contributed by atoms with E-state index in [0.717, 1.165) is 0 Å². The lowest BCUT2D eigenvalue weighted by Gasteiger charge is -2.42. The van der Waals surface area contributed by atoms with Crippen LogP contribution in [0.3, 0.4) is 0 Å². The van der Waals surface area contributed by atoms with E-state index in [2.05, 4.69) is 4.72 Å². The third kappa shape index (κ3) is 5.42. The van der Waals surface area contributed by atoms with Crippen molar-refractivity contribution in [1.29, 1.82) is 0 Å². The normalized spacial score (nSPS) is 20.5. The summed E-state index contributed by atoms with van der Waals surface area (Å²) in [6.07, 6.45) is 1.27. The Kier molecular flexibility index (Phi) is 6.42. The van der Waals surface area contributed by atoms with E-state index in [9.17, 15) is 13.2 Å². The maximum Gasteiger partial charge on any atom is 0.317 e. The summed E-state index contributed by atoms with van der Waals surface area (Å²) < 4.78 is 33.1. The maximum atomic E-state index is 12.4. The fourth-order valence-electron chi connectivity index (χ4n) is 2.91. The first kappa shape index (κ1) is 19.7. The number of nitrogens with one attached hydrogen (secondary N) is 1. The Balaban J connectivity index is 1.91. The molecule has 1 saturated carbocycles. The number of carboxylic acids is 1. The van der Waals surface area contributed by atoms with Gasteiger partial charge >= 0.3 is 5.97 Å². The molecule has 0 heterocycles. The second-order valence-electron chi connectivity index (χ2n) is 6.54. The highest BCUT2D eigenvalue weighted by Gasteiger charge is 2.36. The van der Waals surface area contributed by atoms with Gasteiger partial charge in [-0.15, -0.1) is 0 Å². The Hall–Kier alpha value is -1.64. The molecule has 0 spiro atoms. The van der Waals surface area contributed by atoms with Crippen LogP contribution < -0.4 is 9.46 Å². The van der Waals surface area contributed by atoms with E-state index in [4.69, 9.17) is 9.84 Å². The second-order valence-corrected chi connectivity index (χ2v) is 8.25. The molecule has 0 amide bonds. The van der Waals surface area contributed by atoms with Crippen LogP contribution in [0.25, 0.3) is 0 Å². The predicted molar refractivity (Wildman–Crippen MR) is 94.2 cm³/mol.